The SMILES string of the molecule is COC(=O)NC1CCN(C(=O)c2nc(-c3cnn4ccsc34)nc(NC(C)C3CC3)c2OC)CC1. The maximum absolute atomic E-state index is 13.7. The number of piperidine rings is 1. The highest BCUT2D eigenvalue weighted by Crippen LogP contribution is 2.37. The summed E-state index contributed by atoms with van der Waals surface area (Å²) < 4.78 is 12.2. The minimum Gasteiger partial charge on any atom is -0.491 e. The predicted molar refractivity (Wildman–Crippen MR) is 131 cm³/mol. The Morgan fingerprint density at radius 1 is 1.17 bits per heavy atom. The first kappa shape index (κ1) is 23.3. The first-order chi connectivity index (χ1) is 17.0. The summed E-state index contributed by atoms with van der Waals surface area (Å²) in [7, 11) is 2.87. The van der Waals surface area contributed by atoms with Crippen LogP contribution >= 0.6 is 11.3 Å². The molecule has 0 spiro atoms. The van der Waals surface area contributed by atoms with Crippen molar-refractivity contribution in [1.82, 2.24) is 29.8 Å². The van der Waals surface area contributed by atoms with Crippen molar-refractivity contribution in [3.63, 3.8) is 0 Å². The molecule has 1 aliphatic heterocycles. The van der Waals surface area contributed by atoms with Crippen molar-refractivity contribution in [2.45, 2.75) is 44.7 Å². The molecule has 35 heavy (non-hydrogen) atoms. The second kappa shape index (κ2) is 9.68. The minimum atomic E-state index is -0.460. The zero-order valence-electron chi connectivity index (χ0n) is 20.0. The highest BCUT2D eigenvalue weighted by Gasteiger charge is 2.33. The van der Waals surface area contributed by atoms with Crippen molar-refractivity contribution in [3.05, 3.63) is 23.5 Å². The molecule has 0 radical (unpaired) electrons. The van der Waals surface area contributed by atoms with Gasteiger partial charge in [0.15, 0.2) is 23.1 Å². The fourth-order valence-electron chi connectivity index (χ4n) is 4.42. The molecule has 2 N–H and O–H groups in total. The van der Waals surface area contributed by atoms with Gasteiger partial charge in [0.1, 0.15) is 4.83 Å². The van der Waals surface area contributed by atoms with Gasteiger partial charge in [0.05, 0.1) is 26.0 Å². The largest absolute Gasteiger partial charge is 0.491 e. The van der Waals surface area contributed by atoms with E-state index in [0.29, 0.717) is 49.2 Å². The third-order valence-electron chi connectivity index (χ3n) is 6.63. The monoisotopic (exact) mass is 499 g/mol. The van der Waals surface area contributed by atoms with E-state index in [2.05, 4.69) is 27.4 Å². The van der Waals surface area contributed by atoms with E-state index in [1.54, 1.807) is 15.6 Å². The summed E-state index contributed by atoms with van der Waals surface area (Å²) in [6, 6.07) is 0.161. The standard InChI is InChI=1S/C23H29N7O4S/c1-13(14-4-5-14)25-20-18(33-2)17(21(31)29-8-6-15(7-9-29)26-23(32)34-3)27-19(28-20)16-12-24-30-10-11-35-22(16)30/h10-15H,4-9H2,1-3H3,(H,26,32)(H,25,27,28). The highest BCUT2D eigenvalue weighted by atomic mass is 32.1. The van der Waals surface area contributed by atoms with Gasteiger partial charge in [-0.15, -0.1) is 11.3 Å². The third kappa shape index (κ3) is 4.75. The number of nitrogens with zero attached hydrogens (tertiary/aromatic N) is 5. The zero-order valence-corrected chi connectivity index (χ0v) is 20.8. The van der Waals surface area contributed by atoms with Crippen molar-refractivity contribution in [3.8, 4) is 17.1 Å². The number of ether oxygens (including phenoxy) is 2. The van der Waals surface area contributed by atoms with E-state index in [-0.39, 0.29) is 23.7 Å². The van der Waals surface area contributed by atoms with Gasteiger partial charge in [0.2, 0.25) is 0 Å². The molecule has 2 fully saturated rings. The summed E-state index contributed by atoms with van der Waals surface area (Å²) in [5, 5.41) is 12.6. The van der Waals surface area contributed by atoms with E-state index < -0.39 is 6.09 Å². The first-order valence-electron chi connectivity index (χ1n) is 11.8. The number of likely N-dealkylation sites (tertiary alicyclic amines) is 1. The maximum Gasteiger partial charge on any atom is 0.407 e. The fourth-order valence-corrected chi connectivity index (χ4v) is 5.21. The van der Waals surface area contributed by atoms with Crippen LogP contribution in [0.15, 0.2) is 17.8 Å². The quantitative estimate of drug-likeness (QED) is 0.509. The number of aromatic nitrogens is 4. The lowest BCUT2D eigenvalue weighted by molar-refractivity contribution is 0.0694. The second-order valence-corrected chi connectivity index (χ2v) is 9.86. The van der Waals surface area contributed by atoms with E-state index >= 15 is 0 Å². The molecule has 186 valence electrons. The number of nitrogens with one attached hydrogen (secondary N) is 2. The van der Waals surface area contributed by atoms with Crippen LogP contribution in [0.5, 0.6) is 5.75 Å². The number of hydrogen-bond acceptors (Lipinski definition) is 9. The molecule has 12 heteroatoms. The van der Waals surface area contributed by atoms with Gasteiger partial charge in [0, 0.05) is 36.8 Å². The van der Waals surface area contributed by atoms with Crippen LogP contribution in [0, 0.1) is 5.92 Å². The molecule has 3 aromatic heterocycles. The lowest BCUT2D eigenvalue weighted by Crippen LogP contribution is -2.46. The van der Waals surface area contributed by atoms with Crippen LogP contribution < -0.4 is 15.4 Å². The van der Waals surface area contributed by atoms with E-state index in [0.717, 1.165) is 10.4 Å². The van der Waals surface area contributed by atoms with Gasteiger partial charge in [-0.3, -0.25) is 4.79 Å². The first-order valence-corrected chi connectivity index (χ1v) is 12.6. The summed E-state index contributed by atoms with van der Waals surface area (Å²) in [6.07, 6.45) is 6.74. The minimum absolute atomic E-state index is 0.0366. The van der Waals surface area contributed by atoms with E-state index in [1.807, 2.05) is 11.6 Å². The van der Waals surface area contributed by atoms with Crippen LogP contribution in [0.2, 0.25) is 0 Å². The number of carbonyl (C=O) groups is 2. The maximum atomic E-state index is 13.7. The predicted octanol–water partition coefficient (Wildman–Crippen LogP) is 3.03. The number of fused-ring (bicyclic) bond motifs is 1. The lowest BCUT2D eigenvalue weighted by Gasteiger charge is -2.32. The van der Waals surface area contributed by atoms with Crippen LogP contribution in [0.25, 0.3) is 16.2 Å². The summed E-state index contributed by atoms with van der Waals surface area (Å²) in [5.74, 6) is 1.64. The summed E-state index contributed by atoms with van der Waals surface area (Å²) >= 11 is 1.54. The second-order valence-electron chi connectivity index (χ2n) is 8.96. The molecule has 1 atom stereocenters. The van der Waals surface area contributed by atoms with Gasteiger partial charge in [-0.1, -0.05) is 0 Å². The van der Waals surface area contributed by atoms with E-state index in [1.165, 1.54) is 38.4 Å². The molecule has 0 aromatic carbocycles. The average Bonchev–Trinajstić information content (AvgIpc) is 3.49. The molecule has 5 rings (SSSR count). The summed E-state index contributed by atoms with van der Waals surface area (Å²) in [6.45, 7) is 3.09. The molecule has 11 nitrogen and oxygen atoms in total. The number of carbonyl (C=O) groups excluding carboxylic acids is 2. The number of alkyl carbamates (subject to hydrolysis) is 1. The van der Waals surface area contributed by atoms with E-state index in [9.17, 15) is 9.59 Å². The van der Waals surface area contributed by atoms with Crippen molar-refractivity contribution < 1.29 is 19.1 Å². The molecule has 4 heterocycles. The van der Waals surface area contributed by atoms with Crippen molar-refractivity contribution in [1.29, 1.82) is 0 Å². The van der Waals surface area contributed by atoms with Crippen LogP contribution in [-0.4, -0.2) is 75.9 Å². The van der Waals surface area contributed by atoms with Gasteiger partial charge in [-0.25, -0.2) is 19.3 Å². The van der Waals surface area contributed by atoms with Gasteiger partial charge >= 0.3 is 6.09 Å². The molecule has 1 aliphatic carbocycles. The van der Waals surface area contributed by atoms with Gasteiger partial charge in [0.25, 0.3) is 5.91 Å². The number of rotatable bonds is 7. The lowest BCUT2D eigenvalue weighted by atomic mass is 10.0. The Bertz CT molecular complexity index is 1230. The zero-order chi connectivity index (χ0) is 24.5. The number of thiazole rings is 1. The molecule has 1 saturated heterocycles. The van der Waals surface area contributed by atoms with Crippen molar-refractivity contribution in [2.75, 3.05) is 32.6 Å². The Morgan fingerprint density at radius 2 is 1.94 bits per heavy atom. The molecule has 2 aliphatic rings. The Morgan fingerprint density at radius 3 is 2.63 bits per heavy atom. The Hall–Kier alpha value is -3.41. The van der Waals surface area contributed by atoms with Gasteiger partial charge < -0.3 is 25.0 Å². The third-order valence-corrected chi connectivity index (χ3v) is 7.52. The van der Waals surface area contributed by atoms with Crippen molar-refractivity contribution >= 4 is 34.0 Å². The highest BCUT2D eigenvalue weighted by molar-refractivity contribution is 7.16. The number of anilines is 1. The van der Waals surface area contributed by atoms with Crippen LogP contribution in [-0.2, 0) is 4.74 Å². The smallest absolute Gasteiger partial charge is 0.407 e. The topological polar surface area (TPSA) is 123 Å². The molecule has 1 unspecified atom stereocenters. The molecule has 0 bridgehead atoms. The Labute approximate surface area is 206 Å². The summed E-state index contributed by atoms with van der Waals surface area (Å²) in [4.78, 5) is 37.4. The van der Waals surface area contributed by atoms with Crippen LogP contribution in [0.4, 0.5) is 10.6 Å². The number of amides is 2. The molecule has 3 aromatic rings. The van der Waals surface area contributed by atoms with Gasteiger partial charge in [-0.2, -0.15) is 5.10 Å². The molecule has 1 saturated carbocycles. The van der Waals surface area contributed by atoms with E-state index in [4.69, 9.17) is 14.7 Å². The average molecular weight is 500 g/mol. The Balaban J connectivity index is 1.47. The molecular formula is C23H29N7O4S. The van der Waals surface area contributed by atoms with Crippen LogP contribution in [0.1, 0.15) is 43.1 Å². The van der Waals surface area contributed by atoms with Crippen LogP contribution in [0.3, 0.4) is 0 Å². The molecule has 2 amide bonds. The Kier molecular flexibility index (Phi) is 6.46. The molecular weight excluding hydrogens is 470 g/mol. The normalized spacial score (nSPS) is 17.3. The summed E-state index contributed by atoms with van der Waals surface area (Å²) in [5.41, 5.74) is 0.984. The number of methoxy groups -OCH3 is 2. The van der Waals surface area contributed by atoms with Gasteiger partial charge in [-0.05, 0) is 38.5 Å². The fraction of sp³-hybridized carbons (Fsp3) is 0.522. The van der Waals surface area contributed by atoms with Crippen molar-refractivity contribution in [2.24, 2.45) is 5.92 Å². The number of hydrogen-bond donors (Lipinski definition) is 2.